The van der Waals surface area contributed by atoms with E-state index in [1.165, 1.54) is 37.9 Å². The predicted molar refractivity (Wildman–Crippen MR) is 125 cm³/mol. The minimum absolute atomic E-state index is 0. The summed E-state index contributed by atoms with van der Waals surface area (Å²) in [5, 5.41) is 3.42. The zero-order valence-electron chi connectivity index (χ0n) is 17.4. The molecule has 1 fully saturated rings. The summed E-state index contributed by atoms with van der Waals surface area (Å²) in [4.78, 5) is 9.49. The fourth-order valence-corrected chi connectivity index (χ4v) is 3.38. The van der Waals surface area contributed by atoms with Crippen molar-refractivity contribution in [2.45, 2.75) is 39.7 Å². The van der Waals surface area contributed by atoms with Gasteiger partial charge in [0.05, 0.1) is 6.61 Å². The van der Waals surface area contributed by atoms with Gasteiger partial charge in [0, 0.05) is 26.7 Å². The normalized spacial score (nSPS) is 15.9. The molecule has 1 aliphatic heterocycles. The largest absolute Gasteiger partial charge is 0.494 e. The second-order valence-electron chi connectivity index (χ2n) is 7.20. The number of hydrogen-bond donors (Lipinski definition) is 1. The molecule has 1 N–H and O–H groups in total. The number of nitrogens with zero attached hydrogens (tertiary/aromatic N) is 3. The van der Waals surface area contributed by atoms with Crippen molar-refractivity contribution in [2.24, 2.45) is 10.9 Å². The van der Waals surface area contributed by atoms with Crippen LogP contribution in [0.15, 0.2) is 29.3 Å². The lowest BCUT2D eigenvalue weighted by Crippen LogP contribution is -2.38. The van der Waals surface area contributed by atoms with Crippen LogP contribution < -0.4 is 10.1 Å². The second kappa shape index (κ2) is 13.2. The number of ether oxygens (including phenoxy) is 1. The van der Waals surface area contributed by atoms with Crippen LogP contribution >= 0.6 is 24.0 Å². The van der Waals surface area contributed by atoms with Crippen molar-refractivity contribution in [1.82, 2.24) is 15.1 Å². The summed E-state index contributed by atoms with van der Waals surface area (Å²) in [6.45, 7) is 9.92. The van der Waals surface area contributed by atoms with E-state index < -0.39 is 0 Å². The van der Waals surface area contributed by atoms with Crippen LogP contribution in [0.3, 0.4) is 0 Å². The molecule has 1 aromatic rings. The van der Waals surface area contributed by atoms with Crippen LogP contribution in [-0.4, -0.2) is 62.6 Å². The lowest BCUT2D eigenvalue weighted by atomic mass is 9.94. The fraction of sp³-hybridized carbons (Fsp3) is 0.667. The summed E-state index contributed by atoms with van der Waals surface area (Å²) >= 11 is 0. The van der Waals surface area contributed by atoms with E-state index in [0.717, 1.165) is 37.3 Å². The smallest absolute Gasteiger partial charge is 0.193 e. The van der Waals surface area contributed by atoms with Crippen LogP contribution in [0.25, 0.3) is 0 Å². The third-order valence-electron chi connectivity index (χ3n) is 4.99. The van der Waals surface area contributed by atoms with Gasteiger partial charge >= 0.3 is 0 Å². The van der Waals surface area contributed by atoms with Gasteiger partial charge in [0.1, 0.15) is 5.75 Å². The van der Waals surface area contributed by atoms with Crippen LogP contribution in [0.4, 0.5) is 0 Å². The molecule has 0 bridgehead atoms. The molecule has 0 amide bonds. The predicted octanol–water partition coefficient (Wildman–Crippen LogP) is 3.83. The molecule has 1 aromatic carbocycles. The highest BCUT2D eigenvalue weighted by Gasteiger charge is 2.16. The quantitative estimate of drug-likeness (QED) is 0.343. The molecule has 0 atom stereocenters. The van der Waals surface area contributed by atoms with Crippen molar-refractivity contribution in [2.75, 3.05) is 46.9 Å². The highest BCUT2D eigenvalue weighted by molar-refractivity contribution is 14.0. The third-order valence-corrected chi connectivity index (χ3v) is 4.99. The summed E-state index contributed by atoms with van der Waals surface area (Å²) in [6.07, 6.45) is 3.81. The van der Waals surface area contributed by atoms with Crippen molar-refractivity contribution >= 4 is 29.9 Å². The lowest BCUT2D eigenvalue weighted by Gasteiger charge is -2.28. The number of halogens is 1. The lowest BCUT2D eigenvalue weighted by molar-refractivity contribution is 0.214. The Balaban J connectivity index is 0.00000364. The maximum Gasteiger partial charge on any atom is 0.193 e. The van der Waals surface area contributed by atoms with Gasteiger partial charge in [0.2, 0.25) is 0 Å². The standard InChI is InChI=1S/C21H36N4O.HI/c1-5-22-21(23-14-11-18-12-15-24(3)16-13-18)25(4)17-19-7-9-20(10-8-19)26-6-2;/h7-10,18H,5-6,11-17H2,1-4H3,(H,22,23);1H. The first-order valence-corrected chi connectivity index (χ1v) is 10.0. The van der Waals surface area contributed by atoms with Crippen LogP contribution in [0.1, 0.15) is 38.7 Å². The van der Waals surface area contributed by atoms with Crippen molar-refractivity contribution < 1.29 is 4.74 Å². The SMILES string of the molecule is CCNC(=NCCC1CCN(C)CC1)N(C)Cc1ccc(OCC)cc1.I. The minimum Gasteiger partial charge on any atom is -0.494 e. The van der Waals surface area contributed by atoms with Crippen LogP contribution in [0.5, 0.6) is 5.75 Å². The molecule has 0 aliphatic carbocycles. The van der Waals surface area contributed by atoms with E-state index in [1.54, 1.807) is 0 Å². The molecule has 1 saturated heterocycles. The Hall–Kier alpha value is -1.02. The van der Waals surface area contributed by atoms with Gasteiger partial charge in [-0.15, -0.1) is 24.0 Å². The summed E-state index contributed by atoms with van der Waals surface area (Å²) < 4.78 is 5.52. The van der Waals surface area contributed by atoms with E-state index in [4.69, 9.17) is 9.73 Å². The molecular formula is C21H37IN4O. The number of guanidine groups is 1. The number of nitrogens with one attached hydrogen (secondary N) is 1. The van der Waals surface area contributed by atoms with E-state index in [1.807, 2.05) is 19.1 Å². The number of rotatable bonds is 8. The molecule has 0 unspecified atom stereocenters. The Morgan fingerprint density at radius 2 is 1.89 bits per heavy atom. The molecule has 0 aromatic heterocycles. The van der Waals surface area contributed by atoms with Crippen LogP contribution in [-0.2, 0) is 6.54 Å². The Morgan fingerprint density at radius 1 is 1.22 bits per heavy atom. The molecule has 1 aliphatic rings. The number of likely N-dealkylation sites (tertiary alicyclic amines) is 1. The molecule has 2 rings (SSSR count). The number of hydrogen-bond acceptors (Lipinski definition) is 3. The van der Waals surface area contributed by atoms with Gasteiger partial charge in [-0.2, -0.15) is 0 Å². The molecular weight excluding hydrogens is 451 g/mol. The molecule has 27 heavy (non-hydrogen) atoms. The van der Waals surface area contributed by atoms with E-state index in [0.29, 0.717) is 6.61 Å². The van der Waals surface area contributed by atoms with Crippen molar-refractivity contribution in [3.05, 3.63) is 29.8 Å². The molecule has 0 radical (unpaired) electrons. The molecule has 154 valence electrons. The fourth-order valence-electron chi connectivity index (χ4n) is 3.38. The van der Waals surface area contributed by atoms with Gasteiger partial charge in [-0.05, 0) is 76.9 Å². The molecule has 0 saturated carbocycles. The van der Waals surface area contributed by atoms with Gasteiger partial charge in [-0.1, -0.05) is 12.1 Å². The van der Waals surface area contributed by atoms with Crippen LogP contribution in [0, 0.1) is 5.92 Å². The van der Waals surface area contributed by atoms with Gasteiger partial charge < -0.3 is 19.9 Å². The zero-order valence-corrected chi connectivity index (χ0v) is 19.7. The van der Waals surface area contributed by atoms with Gasteiger partial charge in [-0.25, -0.2) is 0 Å². The van der Waals surface area contributed by atoms with Crippen molar-refractivity contribution in [1.29, 1.82) is 0 Å². The maximum absolute atomic E-state index is 5.52. The van der Waals surface area contributed by atoms with E-state index in [9.17, 15) is 0 Å². The molecule has 6 heteroatoms. The average molecular weight is 488 g/mol. The Morgan fingerprint density at radius 3 is 2.48 bits per heavy atom. The topological polar surface area (TPSA) is 40.1 Å². The first-order valence-electron chi connectivity index (χ1n) is 10.0. The van der Waals surface area contributed by atoms with E-state index in [-0.39, 0.29) is 24.0 Å². The van der Waals surface area contributed by atoms with E-state index in [2.05, 4.69) is 48.3 Å². The van der Waals surface area contributed by atoms with Gasteiger partial charge in [0.25, 0.3) is 0 Å². The Kier molecular flexibility index (Phi) is 11.7. The van der Waals surface area contributed by atoms with E-state index >= 15 is 0 Å². The molecule has 5 nitrogen and oxygen atoms in total. The van der Waals surface area contributed by atoms with Crippen LogP contribution in [0.2, 0.25) is 0 Å². The minimum atomic E-state index is 0. The van der Waals surface area contributed by atoms with Gasteiger partial charge in [-0.3, -0.25) is 4.99 Å². The second-order valence-corrected chi connectivity index (χ2v) is 7.20. The maximum atomic E-state index is 5.52. The summed E-state index contributed by atoms with van der Waals surface area (Å²) in [6, 6.07) is 8.33. The monoisotopic (exact) mass is 488 g/mol. The summed E-state index contributed by atoms with van der Waals surface area (Å²) in [5.41, 5.74) is 1.26. The Labute approximate surface area is 182 Å². The first-order chi connectivity index (χ1) is 12.6. The van der Waals surface area contributed by atoms with Gasteiger partial charge in [0.15, 0.2) is 5.96 Å². The number of piperidine rings is 1. The highest BCUT2D eigenvalue weighted by atomic mass is 127. The Bertz CT molecular complexity index is 542. The highest BCUT2D eigenvalue weighted by Crippen LogP contribution is 2.19. The first kappa shape index (κ1) is 24.0. The summed E-state index contributed by atoms with van der Waals surface area (Å²) in [7, 11) is 4.32. The molecule has 0 spiro atoms. The number of benzene rings is 1. The average Bonchev–Trinajstić information content (AvgIpc) is 2.64. The summed E-state index contributed by atoms with van der Waals surface area (Å²) in [5.74, 6) is 2.75. The third kappa shape index (κ3) is 8.68. The number of aliphatic imine (C=N–C) groups is 1. The molecule has 1 heterocycles. The van der Waals surface area contributed by atoms with Crippen molar-refractivity contribution in [3.8, 4) is 5.75 Å². The van der Waals surface area contributed by atoms with Crippen molar-refractivity contribution in [3.63, 3.8) is 0 Å². The zero-order chi connectivity index (χ0) is 18.8.